The van der Waals surface area contributed by atoms with Gasteiger partial charge in [0, 0.05) is 35.6 Å². The third-order valence-corrected chi connectivity index (χ3v) is 3.52. The van der Waals surface area contributed by atoms with E-state index in [0.717, 1.165) is 24.1 Å². The van der Waals surface area contributed by atoms with E-state index in [1.165, 1.54) is 13.2 Å². The number of carbonyl (C=O) groups is 1. The second kappa shape index (κ2) is 4.53. The molecule has 0 bridgehead atoms. The Morgan fingerprint density at radius 1 is 1.26 bits per heavy atom. The molecule has 0 amide bonds. The molecule has 1 aliphatic carbocycles. The molecule has 1 heterocycles. The minimum absolute atomic E-state index is 0.175. The van der Waals surface area contributed by atoms with Crippen molar-refractivity contribution in [2.75, 3.05) is 7.11 Å². The first-order valence-corrected chi connectivity index (χ1v) is 6.28. The quantitative estimate of drug-likeness (QED) is 0.829. The van der Waals surface area contributed by atoms with Gasteiger partial charge in [0.25, 0.3) is 0 Å². The maximum atomic E-state index is 13.7. The van der Waals surface area contributed by atoms with E-state index in [1.54, 1.807) is 12.1 Å². The van der Waals surface area contributed by atoms with Crippen molar-refractivity contribution in [3.63, 3.8) is 0 Å². The Kier molecular flexibility index (Phi) is 2.85. The van der Waals surface area contributed by atoms with Gasteiger partial charge >= 0.3 is 0 Å². The molecule has 0 aliphatic heterocycles. The summed E-state index contributed by atoms with van der Waals surface area (Å²) in [5.41, 5.74) is 2.46. The Labute approximate surface area is 110 Å². The van der Waals surface area contributed by atoms with Crippen molar-refractivity contribution in [3.05, 3.63) is 47.5 Å². The van der Waals surface area contributed by atoms with Crippen molar-refractivity contribution in [1.29, 1.82) is 0 Å². The molecular weight excluding hydrogens is 245 g/mol. The Hall–Kier alpha value is -2.10. The maximum Gasteiger partial charge on any atom is 0.167 e. The van der Waals surface area contributed by atoms with E-state index in [1.807, 2.05) is 16.8 Å². The van der Waals surface area contributed by atoms with Crippen LogP contribution in [0.15, 0.2) is 30.5 Å². The summed E-state index contributed by atoms with van der Waals surface area (Å²) >= 11 is 0. The number of rotatable bonds is 2. The van der Waals surface area contributed by atoms with Crippen LogP contribution < -0.4 is 4.74 Å². The highest BCUT2D eigenvalue weighted by atomic mass is 19.1. The molecular formula is C15H14FNO2. The summed E-state index contributed by atoms with van der Waals surface area (Å²) in [6.45, 7) is 0. The molecule has 3 rings (SSSR count). The fourth-order valence-electron chi connectivity index (χ4n) is 2.57. The molecule has 1 aromatic heterocycles. The fraction of sp³-hybridized carbons (Fsp3) is 0.267. The van der Waals surface area contributed by atoms with Gasteiger partial charge in [-0.1, -0.05) is 0 Å². The summed E-state index contributed by atoms with van der Waals surface area (Å²) in [6.07, 6.45) is 4.14. The summed E-state index contributed by atoms with van der Waals surface area (Å²) in [6, 6.07) is 6.64. The first kappa shape index (κ1) is 12.0. The van der Waals surface area contributed by atoms with Crippen molar-refractivity contribution < 1.29 is 13.9 Å². The van der Waals surface area contributed by atoms with Crippen LogP contribution >= 0.6 is 0 Å². The van der Waals surface area contributed by atoms with E-state index in [0.29, 0.717) is 12.1 Å². The molecule has 0 saturated heterocycles. The van der Waals surface area contributed by atoms with E-state index in [2.05, 4.69) is 0 Å². The third-order valence-electron chi connectivity index (χ3n) is 3.52. The van der Waals surface area contributed by atoms with Crippen LogP contribution in [-0.2, 0) is 6.42 Å². The lowest BCUT2D eigenvalue weighted by Gasteiger charge is -2.15. The van der Waals surface area contributed by atoms with E-state index in [9.17, 15) is 9.18 Å². The predicted molar refractivity (Wildman–Crippen MR) is 69.5 cm³/mol. The SMILES string of the molecule is COc1ccc(-n2ccc3c2CCCC3=O)cc1F. The minimum atomic E-state index is -0.399. The van der Waals surface area contributed by atoms with Gasteiger partial charge in [-0.2, -0.15) is 0 Å². The number of ketones is 1. The smallest absolute Gasteiger partial charge is 0.167 e. The molecule has 0 radical (unpaired) electrons. The second-order valence-corrected chi connectivity index (χ2v) is 4.64. The van der Waals surface area contributed by atoms with Crippen LogP contribution in [0.1, 0.15) is 28.9 Å². The van der Waals surface area contributed by atoms with E-state index in [-0.39, 0.29) is 11.5 Å². The zero-order valence-electron chi connectivity index (χ0n) is 10.6. The highest BCUT2D eigenvalue weighted by Gasteiger charge is 2.21. The van der Waals surface area contributed by atoms with E-state index >= 15 is 0 Å². The Balaban J connectivity index is 2.08. The molecule has 1 aromatic carbocycles. The molecule has 4 heteroatoms. The average Bonchev–Trinajstić information content (AvgIpc) is 2.84. The molecule has 3 nitrogen and oxygen atoms in total. The monoisotopic (exact) mass is 259 g/mol. The highest BCUT2D eigenvalue weighted by molar-refractivity contribution is 5.98. The lowest BCUT2D eigenvalue weighted by molar-refractivity contribution is 0.0972. The first-order valence-electron chi connectivity index (χ1n) is 6.28. The van der Waals surface area contributed by atoms with Gasteiger partial charge in [0.15, 0.2) is 17.3 Å². The van der Waals surface area contributed by atoms with Crippen molar-refractivity contribution >= 4 is 5.78 Å². The number of fused-ring (bicyclic) bond motifs is 1. The molecule has 19 heavy (non-hydrogen) atoms. The van der Waals surface area contributed by atoms with Crippen molar-refractivity contribution in [2.24, 2.45) is 0 Å². The summed E-state index contributed by atoms with van der Waals surface area (Å²) < 4.78 is 20.5. The van der Waals surface area contributed by atoms with Gasteiger partial charge in [0.2, 0.25) is 0 Å². The molecule has 1 aliphatic rings. The molecule has 0 atom stereocenters. The summed E-state index contributed by atoms with van der Waals surface area (Å²) in [7, 11) is 1.44. The van der Waals surface area contributed by atoms with Gasteiger partial charge in [-0.15, -0.1) is 0 Å². The number of Topliss-reactive ketones (excluding diaryl/α,β-unsaturated/α-hetero) is 1. The normalized spacial score (nSPS) is 14.3. The number of hydrogen-bond donors (Lipinski definition) is 0. The van der Waals surface area contributed by atoms with Crippen LogP contribution in [0, 0.1) is 5.82 Å². The lowest BCUT2D eigenvalue weighted by Crippen LogP contribution is -2.12. The number of halogens is 1. The van der Waals surface area contributed by atoms with Crippen LogP contribution in [0.4, 0.5) is 4.39 Å². The summed E-state index contributed by atoms with van der Waals surface area (Å²) in [4.78, 5) is 11.8. The Bertz CT molecular complexity index is 646. The molecule has 0 fully saturated rings. The fourth-order valence-corrected chi connectivity index (χ4v) is 2.57. The van der Waals surface area contributed by atoms with Crippen LogP contribution in [0.25, 0.3) is 5.69 Å². The third kappa shape index (κ3) is 1.93. The number of benzene rings is 1. The van der Waals surface area contributed by atoms with Gasteiger partial charge in [-0.25, -0.2) is 4.39 Å². The van der Waals surface area contributed by atoms with E-state index in [4.69, 9.17) is 4.74 Å². The summed E-state index contributed by atoms with van der Waals surface area (Å²) in [5, 5.41) is 0. The van der Waals surface area contributed by atoms with Gasteiger partial charge in [-0.3, -0.25) is 4.79 Å². The first-order chi connectivity index (χ1) is 9.20. The molecule has 98 valence electrons. The van der Waals surface area contributed by atoms with E-state index < -0.39 is 5.82 Å². The number of nitrogens with zero attached hydrogens (tertiary/aromatic N) is 1. The van der Waals surface area contributed by atoms with Crippen LogP contribution in [0.2, 0.25) is 0 Å². The van der Waals surface area contributed by atoms with Crippen molar-refractivity contribution in [1.82, 2.24) is 4.57 Å². The molecule has 0 spiro atoms. The number of methoxy groups -OCH3 is 1. The number of ether oxygens (including phenoxy) is 1. The van der Waals surface area contributed by atoms with Crippen LogP contribution in [0.3, 0.4) is 0 Å². The van der Waals surface area contributed by atoms with Gasteiger partial charge in [-0.05, 0) is 31.0 Å². The maximum absolute atomic E-state index is 13.7. The molecule has 2 aromatic rings. The molecule has 0 saturated carbocycles. The molecule has 0 unspecified atom stereocenters. The lowest BCUT2D eigenvalue weighted by atomic mass is 9.97. The van der Waals surface area contributed by atoms with Gasteiger partial charge < -0.3 is 9.30 Å². The van der Waals surface area contributed by atoms with Crippen LogP contribution in [-0.4, -0.2) is 17.5 Å². The number of aromatic nitrogens is 1. The topological polar surface area (TPSA) is 31.2 Å². The number of carbonyl (C=O) groups excluding carboxylic acids is 1. The largest absolute Gasteiger partial charge is 0.494 e. The summed E-state index contributed by atoms with van der Waals surface area (Å²) in [5.74, 6) is -0.000537. The molecule has 0 N–H and O–H groups in total. The standard InChI is InChI=1S/C15H14FNO2/c1-19-15-6-5-10(9-12(15)16)17-8-7-11-13(17)3-2-4-14(11)18/h5-9H,2-4H2,1H3. The van der Waals surface area contributed by atoms with Gasteiger partial charge in [0.1, 0.15) is 0 Å². The predicted octanol–water partition coefficient (Wildman–Crippen LogP) is 3.14. The Morgan fingerprint density at radius 2 is 2.11 bits per heavy atom. The minimum Gasteiger partial charge on any atom is -0.494 e. The van der Waals surface area contributed by atoms with Crippen molar-refractivity contribution in [3.8, 4) is 11.4 Å². The second-order valence-electron chi connectivity index (χ2n) is 4.64. The Morgan fingerprint density at radius 3 is 2.84 bits per heavy atom. The number of hydrogen-bond acceptors (Lipinski definition) is 2. The highest BCUT2D eigenvalue weighted by Crippen LogP contribution is 2.27. The van der Waals surface area contributed by atoms with Crippen molar-refractivity contribution in [2.45, 2.75) is 19.3 Å². The zero-order chi connectivity index (χ0) is 13.4. The zero-order valence-corrected chi connectivity index (χ0v) is 10.6. The van der Waals surface area contributed by atoms with Gasteiger partial charge in [0.05, 0.1) is 7.11 Å². The van der Waals surface area contributed by atoms with Crippen LogP contribution in [0.5, 0.6) is 5.75 Å². The average molecular weight is 259 g/mol.